The number of nitrogens with one attached hydrogen (secondary N) is 1. The molecule has 174 valence electrons. The van der Waals surface area contributed by atoms with E-state index in [1.54, 1.807) is 50.6 Å². The highest BCUT2D eigenvalue weighted by Gasteiger charge is 2.25. The summed E-state index contributed by atoms with van der Waals surface area (Å²) in [5.41, 5.74) is 2.33. The highest BCUT2D eigenvalue weighted by atomic mass is 32.1. The van der Waals surface area contributed by atoms with Gasteiger partial charge in [-0.3, -0.25) is 10.1 Å². The molecule has 34 heavy (non-hydrogen) atoms. The van der Waals surface area contributed by atoms with Crippen LogP contribution in [-0.2, 0) is 4.79 Å². The van der Waals surface area contributed by atoms with Gasteiger partial charge in [-0.25, -0.2) is 9.78 Å². The van der Waals surface area contributed by atoms with Crippen LogP contribution in [0.15, 0.2) is 60.7 Å². The van der Waals surface area contributed by atoms with Gasteiger partial charge in [-0.15, -0.1) is 0 Å². The Morgan fingerprint density at radius 1 is 0.971 bits per heavy atom. The number of fused-ring (bicyclic) bond motifs is 1. The summed E-state index contributed by atoms with van der Waals surface area (Å²) in [5.74, 6) is 0.119. The van der Waals surface area contributed by atoms with E-state index in [0.29, 0.717) is 33.5 Å². The van der Waals surface area contributed by atoms with Gasteiger partial charge in [0.2, 0.25) is 6.10 Å². The molecule has 0 radical (unpaired) electrons. The largest absolute Gasteiger partial charge is 0.493 e. The Balaban J connectivity index is 1.64. The van der Waals surface area contributed by atoms with Crippen molar-refractivity contribution in [1.82, 2.24) is 4.98 Å². The summed E-state index contributed by atoms with van der Waals surface area (Å²) in [4.78, 5) is 29.0. The quantitative estimate of drug-likeness (QED) is 0.364. The van der Waals surface area contributed by atoms with Gasteiger partial charge in [-0.05, 0) is 31.2 Å². The first-order chi connectivity index (χ1) is 16.4. The van der Waals surface area contributed by atoms with E-state index in [-0.39, 0.29) is 5.56 Å². The lowest BCUT2D eigenvalue weighted by Gasteiger charge is -2.19. The van der Waals surface area contributed by atoms with Crippen molar-refractivity contribution in [3.8, 4) is 17.2 Å². The lowest BCUT2D eigenvalue weighted by Crippen LogP contribution is -2.25. The molecule has 8 nitrogen and oxygen atoms in total. The molecule has 1 heterocycles. The normalized spacial score (nSPS) is 11.6. The smallest absolute Gasteiger partial charge is 0.335 e. The highest BCUT2D eigenvalue weighted by Crippen LogP contribution is 2.36. The SMILES string of the molecule is COc1cc2nc(NC(=O)C(Oc3ccc(C)cc3)c3ccc(C(=O)O)cc3)sc2cc1OC. The number of rotatable bonds is 8. The topological polar surface area (TPSA) is 107 Å². The number of benzene rings is 3. The first kappa shape index (κ1) is 23.1. The third-order valence-electron chi connectivity index (χ3n) is 5.10. The van der Waals surface area contributed by atoms with Crippen molar-refractivity contribution in [2.75, 3.05) is 19.5 Å². The standard InChI is InChI=1S/C25H22N2O6S/c1-14-4-10-17(11-5-14)33-22(15-6-8-16(9-7-15)24(29)30)23(28)27-25-26-18-12-19(31-2)20(32-3)13-21(18)34-25/h4-13,22H,1-3H3,(H,29,30)(H,26,27,28). The molecule has 2 N–H and O–H groups in total. The van der Waals surface area contributed by atoms with Gasteiger partial charge >= 0.3 is 5.97 Å². The predicted molar refractivity (Wildman–Crippen MR) is 129 cm³/mol. The minimum Gasteiger partial charge on any atom is -0.493 e. The number of ether oxygens (including phenoxy) is 3. The number of aryl methyl sites for hydroxylation is 1. The van der Waals surface area contributed by atoms with E-state index >= 15 is 0 Å². The molecule has 0 aliphatic heterocycles. The van der Waals surface area contributed by atoms with Gasteiger partial charge in [0.15, 0.2) is 16.6 Å². The number of anilines is 1. The average Bonchev–Trinajstić information content (AvgIpc) is 3.23. The second-order valence-electron chi connectivity index (χ2n) is 7.42. The number of amides is 1. The molecule has 0 saturated heterocycles. The number of hydrogen-bond acceptors (Lipinski definition) is 7. The molecule has 1 aromatic heterocycles. The van der Waals surface area contributed by atoms with Crippen LogP contribution in [0.1, 0.15) is 27.6 Å². The number of nitrogens with zero attached hydrogens (tertiary/aromatic N) is 1. The number of carbonyl (C=O) groups is 2. The third-order valence-corrected chi connectivity index (χ3v) is 6.03. The Kier molecular flexibility index (Phi) is 6.65. The maximum Gasteiger partial charge on any atom is 0.335 e. The number of carboxylic acids is 1. The third kappa shape index (κ3) is 4.94. The number of aromatic carboxylic acids is 1. The minimum atomic E-state index is -1.05. The zero-order valence-corrected chi connectivity index (χ0v) is 19.5. The molecule has 4 aromatic rings. The summed E-state index contributed by atoms with van der Waals surface area (Å²) in [6, 6.07) is 16.9. The fourth-order valence-electron chi connectivity index (χ4n) is 3.31. The number of carbonyl (C=O) groups excluding carboxylic acids is 1. The summed E-state index contributed by atoms with van der Waals surface area (Å²) in [6.45, 7) is 1.95. The van der Waals surface area contributed by atoms with E-state index in [9.17, 15) is 14.7 Å². The second kappa shape index (κ2) is 9.80. The Bertz CT molecular complexity index is 1290. The monoisotopic (exact) mass is 478 g/mol. The van der Waals surface area contributed by atoms with Gasteiger partial charge in [-0.2, -0.15) is 0 Å². The van der Waals surface area contributed by atoms with Crippen molar-refractivity contribution in [2.24, 2.45) is 0 Å². The average molecular weight is 479 g/mol. The Morgan fingerprint density at radius 2 is 1.62 bits per heavy atom. The van der Waals surface area contributed by atoms with Crippen LogP contribution < -0.4 is 19.5 Å². The van der Waals surface area contributed by atoms with E-state index < -0.39 is 18.0 Å². The summed E-state index contributed by atoms with van der Waals surface area (Å²) in [7, 11) is 3.09. The van der Waals surface area contributed by atoms with Crippen LogP contribution in [0.2, 0.25) is 0 Å². The maximum atomic E-state index is 13.3. The first-order valence-corrected chi connectivity index (χ1v) is 11.1. The fraction of sp³-hybridized carbons (Fsp3) is 0.160. The molecule has 0 fully saturated rings. The van der Waals surface area contributed by atoms with Crippen molar-refractivity contribution in [1.29, 1.82) is 0 Å². The van der Waals surface area contributed by atoms with Crippen molar-refractivity contribution in [3.05, 3.63) is 77.4 Å². The Hall–Kier alpha value is -4.11. The van der Waals surface area contributed by atoms with Gasteiger partial charge in [0.05, 0.1) is 30.0 Å². The number of carboxylic acid groups (broad SMARTS) is 1. The van der Waals surface area contributed by atoms with Crippen molar-refractivity contribution < 1.29 is 28.9 Å². The number of thiazole rings is 1. The van der Waals surface area contributed by atoms with E-state index in [1.807, 2.05) is 19.1 Å². The van der Waals surface area contributed by atoms with Crippen LogP contribution in [-0.4, -0.2) is 36.2 Å². The molecule has 1 amide bonds. The molecule has 0 spiro atoms. The summed E-state index contributed by atoms with van der Waals surface area (Å²) >= 11 is 1.29. The second-order valence-corrected chi connectivity index (χ2v) is 8.45. The van der Waals surface area contributed by atoms with E-state index in [0.717, 1.165) is 10.3 Å². The molecular formula is C25H22N2O6S. The lowest BCUT2D eigenvalue weighted by molar-refractivity contribution is -0.123. The van der Waals surface area contributed by atoms with Gasteiger partial charge in [0, 0.05) is 17.7 Å². The van der Waals surface area contributed by atoms with E-state index in [4.69, 9.17) is 14.2 Å². The molecule has 4 rings (SSSR count). The molecule has 0 aliphatic rings. The van der Waals surface area contributed by atoms with Crippen LogP contribution in [0.5, 0.6) is 17.2 Å². The molecular weight excluding hydrogens is 456 g/mol. The Labute approximate surface area is 199 Å². The van der Waals surface area contributed by atoms with Crippen LogP contribution >= 0.6 is 11.3 Å². The number of aromatic nitrogens is 1. The van der Waals surface area contributed by atoms with E-state index in [1.165, 1.54) is 23.5 Å². The van der Waals surface area contributed by atoms with Crippen molar-refractivity contribution in [2.45, 2.75) is 13.0 Å². The highest BCUT2D eigenvalue weighted by molar-refractivity contribution is 7.22. The molecule has 3 aromatic carbocycles. The molecule has 9 heteroatoms. The van der Waals surface area contributed by atoms with Crippen LogP contribution in [0.3, 0.4) is 0 Å². The molecule has 0 aliphatic carbocycles. The summed E-state index contributed by atoms with van der Waals surface area (Å²) in [6.07, 6.45) is -1.03. The molecule has 0 bridgehead atoms. The molecule has 0 saturated carbocycles. The van der Waals surface area contributed by atoms with Crippen LogP contribution in [0.25, 0.3) is 10.2 Å². The predicted octanol–water partition coefficient (Wildman–Crippen LogP) is 5.08. The summed E-state index contributed by atoms with van der Waals surface area (Å²) < 4.78 is 17.5. The van der Waals surface area contributed by atoms with Crippen molar-refractivity contribution in [3.63, 3.8) is 0 Å². The molecule has 1 unspecified atom stereocenters. The zero-order valence-electron chi connectivity index (χ0n) is 18.7. The lowest BCUT2D eigenvalue weighted by atomic mass is 10.1. The Morgan fingerprint density at radius 3 is 2.24 bits per heavy atom. The van der Waals surface area contributed by atoms with E-state index in [2.05, 4.69) is 10.3 Å². The van der Waals surface area contributed by atoms with Gasteiger partial charge < -0.3 is 19.3 Å². The van der Waals surface area contributed by atoms with Crippen LogP contribution in [0, 0.1) is 6.92 Å². The molecule has 1 atom stereocenters. The van der Waals surface area contributed by atoms with Gasteiger partial charge in [0.25, 0.3) is 5.91 Å². The van der Waals surface area contributed by atoms with Crippen LogP contribution in [0.4, 0.5) is 5.13 Å². The number of hydrogen-bond donors (Lipinski definition) is 2. The van der Waals surface area contributed by atoms with Crippen molar-refractivity contribution >= 4 is 38.6 Å². The van der Waals surface area contributed by atoms with Gasteiger partial charge in [-0.1, -0.05) is 41.2 Å². The summed E-state index contributed by atoms with van der Waals surface area (Å²) in [5, 5.41) is 12.4. The minimum absolute atomic E-state index is 0.118. The maximum absolute atomic E-state index is 13.3. The number of methoxy groups -OCH3 is 2. The first-order valence-electron chi connectivity index (χ1n) is 10.3. The van der Waals surface area contributed by atoms with Gasteiger partial charge in [0.1, 0.15) is 5.75 Å². The zero-order chi connectivity index (χ0) is 24.2. The fourth-order valence-corrected chi connectivity index (χ4v) is 4.18.